The van der Waals surface area contributed by atoms with Crippen LogP contribution in [0.25, 0.3) is 0 Å². The van der Waals surface area contributed by atoms with Crippen molar-refractivity contribution in [2.45, 2.75) is 6.61 Å². The summed E-state index contributed by atoms with van der Waals surface area (Å²) in [5.41, 5.74) is 0.284. The summed E-state index contributed by atoms with van der Waals surface area (Å²) in [5, 5.41) is 0. The molecule has 0 N–H and O–H groups in total. The highest BCUT2D eigenvalue weighted by Crippen LogP contribution is 2.25. The zero-order valence-electron chi connectivity index (χ0n) is 8.90. The van der Waals surface area contributed by atoms with Crippen LogP contribution >= 0.6 is 22.9 Å². The normalized spacial score (nSPS) is 10.7. The number of carbonyl (C=O) groups is 1. The van der Waals surface area contributed by atoms with Crippen molar-refractivity contribution >= 4 is 28.7 Å². The molecule has 1 aromatic heterocycles. The maximum Gasteiger partial charge on any atom is 0.387 e. The molecule has 1 aromatic carbocycles. The largest absolute Gasteiger partial charge is 0.435 e. The van der Waals surface area contributed by atoms with Crippen LogP contribution in [0.5, 0.6) is 5.75 Å². The number of halogens is 3. The van der Waals surface area contributed by atoms with Crippen molar-refractivity contribution in [3.63, 3.8) is 0 Å². The zero-order valence-corrected chi connectivity index (χ0v) is 10.5. The number of carbonyl (C=O) groups excluding carboxylic acids is 1. The predicted molar refractivity (Wildman–Crippen MR) is 65.8 cm³/mol. The molecule has 0 aliphatic carbocycles. The number of thiophene rings is 1. The summed E-state index contributed by atoms with van der Waals surface area (Å²) in [6, 6.07) is 8.87. The average molecular weight is 289 g/mol. The van der Waals surface area contributed by atoms with Crippen molar-refractivity contribution < 1.29 is 18.3 Å². The van der Waals surface area contributed by atoms with Gasteiger partial charge in [-0.1, -0.05) is 23.7 Å². The van der Waals surface area contributed by atoms with E-state index in [2.05, 4.69) is 4.74 Å². The molecule has 0 atom stereocenters. The van der Waals surface area contributed by atoms with Crippen LogP contribution in [0.4, 0.5) is 8.78 Å². The Kier molecular flexibility index (Phi) is 3.93. The van der Waals surface area contributed by atoms with Crippen LogP contribution in [0.3, 0.4) is 0 Å². The summed E-state index contributed by atoms with van der Waals surface area (Å²) in [7, 11) is 0. The molecule has 0 spiro atoms. The maximum atomic E-state index is 12.1. The molecule has 2 rings (SSSR count). The first-order valence-electron chi connectivity index (χ1n) is 4.91. The molecule has 0 fully saturated rings. The van der Waals surface area contributed by atoms with Gasteiger partial charge in [-0.2, -0.15) is 8.78 Å². The number of alkyl halides is 2. The Morgan fingerprint density at radius 3 is 2.67 bits per heavy atom. The van der Waals surface area contributed by atoms with Gasteiger partial charge in [0.25, 0.3) is 0 Å². The molecule has 94 valence electrons. The monoisotopic (exact) mass is 288 g/mol. The quantitative estimate of drug-likeness (QED) is 0.787. The smallest absolute Gasteiger partial charge is 0.387 e. The summed E-state index contributed by atoms with van der Waals surface area (Å²) >= 11 is 6.87. The maximum absolute atomic E-state index is 12.1. The topological polar surface area (TPSA) is 26.3 Å². The van der Waals surface area contributed by atoms with Crippen LogP contribution < -0.4 is 4.74 Å². The molecule has 0 amide bonds. The zero-order chi connectivity index (χ0) is 13.1. The summed E-state index contributed by atoms with van der Waals surface area (Å²) in [4.78, 5) is 12.5. The Balaban J connectivity index is 2.25. The second kappa shape index (κ2) is 5.46. The molecule has 6 heteroatoms. The van der Waals surface area contributed by atoms with Crippen LogP contribution in [-0.4, -0.2) is 12.4 Å². The molecule has 0 aliphatic heterocycles. The summed E-state index contributed by atoms with van der Waals surface area (Å²) in [5.74, 6) is -0.315. The number of hydrogen-bond donors (Lipinski definition) is 0. The molecular formula is C12H7ClF2O2S. The van der Waals surface area contributed by atoms with Crippen molar-refractivity contribution in [2.24, 2.45) is 0 Å². The molecule has 0 aliphatic rings. The second-order valence-electron chi connectivity index (χ2n) is 3.34. The van der Waals surface area contributed by atoms with E-state index in [0.717, 1.165) is 11.3 Å². The average Bonchev–Trinajstić information content (AvgIpc) is 2.74. The van der Waals surface area contributed by atoms with Crippen LogP contribution in [0, 0.1) is 0 Å². The van der Waals surface area contributed by atoms with Gasteiger partial charge in [-0.15, -0.1) is 11.3 Å². The first kappa shape index (κ1) is 13.0. The van der Waals surface area contributed by atoms with E-state index in [-0.39, 0.29) is 17.1 Å². The lowest BCUT2D eigenvalue weighted by atomic mass is 10.1. The van der Waals surface area contributed by atoms with E-state index in [4.69, 9.17) is 11.6 Å². The van der Waals surface area contributed by atoms with Gasteiger partial charge in [0, 0.05) is 5.56 Å². The Labute approximate surface area is 111 Å². The van der Waals surface area contributed by atoms with Crippen molar-refractivity contribution in [1.82, 2.24) is 0 Å². The second-order valence-corrected chi connectivity index (χ2v) is 5.05. The summed E-state index contributed by atoms with van der Waals surface area (Å²) in [6.07, 6.45) is 0. The minimum atomic E-state index is -2.91. The summed E-state index contributed by atoms with van der Waals surface area (Å²) in [6.45, 7) is -2.91. The van der Waals surface area contributed by atoms with Gasteiger partial charge in [0.1, 0.15) is 5.75 Å². The fourth-order valence-corrected chi connectivity index (χ4v) is 2.40. The van der Waals surface area contributed by atoms with E-state index < -0.39 is 6.61 Å². The molecule has 2 nitrogen and oxygen atoms in total. The predicted octanol–water partition coefficient (Wildman–Crippen LogP) is 4.23. The number of ether oxygens (including phenoxy) is 1. The van der Waals surface area contributed by atoms with Crippen LogP contribution in [0.15, 0.2) is 36.4 Å². The molecule has 0 bridgehead atoms. The minimum Gasteiger partial charge on any atom is -0.435 e. The molecule has 0 radical (unpaired) electrons. The Hall–Kier alpha value is -1.46. The Morgan fingerprint density at radius 1 is 1.28 bits per heavy atom. The first-order chi connectivity index (χ1) is 8.56. The first-order valence-corrected chi connectivity index (χ1v) is 6.10. The van der Waals surface area contributed by atoms with Crippen molar-refractivity contribution in [3.05, 3.63) is 51.2 Å². The molecule has 0 saturated heterocycles. The van der Waals surface area contributed by atoms with Gasteiger partial charge in [0.2, 0.25) is 5.78 Å². The lowest BCUT2D eigenvalue weighted by Gasteiger charge is -2.05. The minimum absolute atomic E-state index is 0.0431. The standard InChI is InChI=1S/C12H7ClF2O2S/c13-10-5-4-9(18-10)11(16)7-2-1-3-8(6-7)17-12(14)15/h1-6,12H. The van der Waals surface area contributed by atoms with Crippen LogP contribution in [0.2, 0.25) is 4.34 Å². The van der Waals surface area contributed by atoms with E-state index in [9.17, 15) is 13.6 Å². The number of rotatable bonds is 4. The van der Waals surface area contributed by atoms with Gasteiger partial charge in [-0.05, 0) is 24.3 Å². The highest BCUT2D eigenvalue weighted by atomic mass is 35.5. The number of hydrogen-bond acceptors (Lipinski definition) is 3. The van der Waals surface area contributed by atoms with E-state index in [0.29, 0.717) is 9.21 Å². The molecular weight excluding hydrogens is 282 g/mol. The van der Waals surface area contributed by atoms with Crippen LogP contribution in [-0.2, 0) is 0 Å². The van der Waals surface area contributed by atoms with Crippen LogP contribution in [0.1, 0.15) is 15.2 Å². The third kappa shape index (κ3) is 3.05. The molecule has 0 unspecified atom stereocenters. The van der Waals surface area contributed by atoms with Gasteiger partial charge >= 0.3 is 6.61 Å². The van der Waals surface area contributed by atoms with Gasteiger partial charge in [0.05, 0.1) is 9.21 Å². The Bertz CT molecular complexity index is 569. The third-order valence-electron chi connectivity index (χ3n) is 2.12. The van der Waals surface area contributed by atoms with Gasteiger partial charge in [-0.25, -0.2) is 0 Å². The fraction of sp³-hybridized carbons (Fsp3) is 0.0833. The Morgan fingerprint density at radius 2 is 2.06 bits per heavy atom. The lowest BCUT2D eigenvalue weighted by molar-refractivity contribution is -0.0498. The highest BCUT2D eigenvalue weighted by Gasteiger charge is 2.13. The van der Waals surface area contributed by atoms with Gasteiger partial charge in [0.15, 0.2) is 0 Å². The molecule has 1 heterocycles. The summed E-state index contributed by atoms with van der Waals surface area (Å²) < 4.78 is 28.9. The number of benzene rings is 1. The third-order valence-corrected chi connectivity index (χ3v) is 3.35. The van der Waals surface area contributed by atoms with Crippen molar-refractivity contribution in [3.8, 4) is 5.75 Å². The highest BCUT2D eigenvalue weighted by molar-refractivity contribution is 7.18. The van der Waals surface area contributed by atoms with Gasteiger partial charge in [-0.3, -0.25) is 4.79 Å². The van der Waals surface area contributed by atoms with E-state index in [1.54, 1.807) is 12.1 Å². The molecule has 0 saturated carbocycles. The SMILES string of the molecule is O=C(c1cccc(OC(F)F)c1)c1ccc(Cl)s1. The fourth-order valence-electron chi connectivity index (χ4n) is 1.39. The lowest BCUT2D eigenvalue weighted by Crippen LogP contribution is -2.04. The van der Waals surface area contributed by atoms with E-state index >= 15 is 0 Å². The van der Waals surface area contributed by atoms with E-state index in [1.165, 1.54) is 24.3 Å². The molecule has 2 aromatic rings. The van der Waals surface area contributed by atoms with Crippen molar-refractivity contribution in [1.29, 1.82) is 0 Å². The van der Waals surface area contributed by atoms with Crippen molar-refractivity contribution in [2.75, 3.05) is 0 Å². The van der Waals surface area contributed by atoms with Gasteiger partial charge < -0.3 is 4.74 Å². The molecule has 18 heavy (non-hydrogen) atoms. The van der Waals surface area contributed by atoms with E-state index in [1.807, 2.05) is 0 Å². The number of ketones is 1.